The lowest BCUT2D eigenvalue weighted by Gasteiger charge is -2.30. The van der Waals surface area contributed by atoms with E-state index >= 15 is 0 Å². The van der Waals surface area contributed by atoms with Gasteiger partial charge in [-0.15, -0.1) is 0 Å². The van der Waals surface area contributed by atoms with Gasteiger partial charge in [-0.1, -0.05) is 12.1 Å². The normalized spacial score (nSPS) is 22.9. The van der Waals surface area contributed by atoms with Crippen LogP contribution < -0.4 is 0 Å². The van der Waals surface area contributed by atoms with Gasteiger partial charge >= 0.3 is 0 Å². The zero-order valence-corrected chi connectivity index (χ0v) is 10.8. The molecule has 0 radical (unpaired) electrons. The highest BCUT2D eigenvalue weighted by atomic mass is 19.1. The minimum Gasteiger partial charge on any atom is -0.343 e. The second kappa shape index (κ2) is 4.07. The van der Waals surface area contributed by atoms with Crippen LogP contribution in [-0.2, 0) is 15.9 Å². The number of halogens is 1. The maximum Gasteiger partial charge on any atom is 0.163 e. The van der Waals surface area contributed by atoms with E-state index in [0.29, 0.717) is 6.42 Å². The highest BCUT2D eigenvalue weighted by molar-refractivity contribution is 5.17. The van der Waals surface area contributed by atoms with Crippen LogP contribution in [-0.4, -0.2) is 17.5 Å². The number of ether oxygens (including phenoxy) is 2. The Bertz CT molecular complexity index is 379. The molecule has 17 heavy (non-hydrogen) atoms. The molecule has 1 heterocycles. The second-order valence-electron chi connectivity index (χ2n) is 5.52. The Hall–Kier alpha value is -0.930. The molecule has 0 bridgehead atoms. The number of hydrogen-bond donors (Lipinski definition) is 0. The van der Waals surface area contributed by atoms with E-state index < -0.39 is 0 Å². The maximum absolute atomic E-state index is 12.8. The third-order valence-electron chi connectivity index (χ3n) is 3.62. The fourth-order valence-electron chi connectivity index (χ4n) is 1.86. The highest BCUT2D eigenvalue weighted by Gasteiger charge is 2.48. The van der Waals surface area contributed by atoms with Gasteiger partial charge < -0.3 is 9.47 Å². The van der Waals surface area contributed by atoms with Crippen molar-refractivity contribution in [1.82, 2.24) is 0 Å². The van der Waals surface area contributed by atoms with Crippen LogP contribution in [0.1, 0.15) is 33.3 Å². The molecular formula is C14H19FO2. The molecule has 0 aromatic heterocycles. The molecule has 0 spiro atoms. The third kappa shape index (κ3) is 2.50. The van der Waals surface area contributed by atoms with Crippen LogP contribution in [0.3, 0.4) is 0 Å². The number of rotatable bonds is 2. The lowest BCUT2D eigenvalue weighted by atomic mass is 9.90. The summed E-state index contributed by atoms with van der Waals surface area (Å²) in [5, 5.41) is 0. The quantitative estimate of drug-likeness (QED) is 0.787. The van der Waals surface area contributed by atoms with Crippen molar-refractivity contribution in [2.24, 2.45) is 0 Å². The monoisotopic (exact) mass is 238 g/mol. The van der Waals surface area contributed by atoms with E-state index in [2.05, 4.69) is 0 Å². The zero-order chi connectivity index (χ0) is 12.7. The average molecular weight is 238 g/mol. The summed E-state index contributed by atoms with van der Waals surface area (Å²) in [6, 6.07) is 6.45. The summed E-state index contributed by atoms with van der Waals surface area (Å²) in [6.45, 7) is 8.10. The van der Waals surface area contributed by atoms with Crippen molar-refractivity contribution >= 4 is 0 Å². The fourth-order valence-corrected chi connectivity index (χ4v) is 1.86. The van der Waals surface area contributed by atoms with Crippen LogP contribution in [0.4, 0.5) is 4.39 Å². The van der Waals surface area contributed by atoms with Gasteiger partial charge in [-0.25, -0.2) is 4.39 Å². The number of hydrogen-bond acceptors (Lipinski definition) is 2. The summed E-state index contributed by atoms with van der Waals surface area (Å²) in [7, 11) is 0. The van der Waals surface area contributed by atoms with E-state index in [1.54, 1.807) is 12.1 Å². The van der Waals surface area contributed by atoms with Crippen molar-refractivity contribution in [2.75, 3.05) is 0 Å². The predicted octanol–water partition coefficient (Wildman–Crippen LogP) is 3.30. The predicted molar refractivity (Wildman–Crippen MR) is 64.2 cm³/mol. The molecule has 0 unspecified atom stereocenters. The molecule has 94 valence electrons. The molecule has 1 aromatic carbocycles. The summed E-state index contributed by atoms with van der Waals surface area (Å²) in [5.41, 5.74) is 0.403. The molecule has 0 aliphatic carbocycles. The first-order chi connectivity index (χ1) is 7.80. The molecule has 1 aliphatic rings. The first kappa shape index (κ1) is 12.5. The smallest absolute Gasteiger partial charge is 0.163 e. The zero-order valence-electron chi connectivity index (χ0n) is 10.8. The number of benzene rings is 1. The summed E-state index contributed by atoms with van der Waals surface area (Å²) in [6.07, 6.45) is 0.387. The summed E-state index contributed by atoms with van der Waals surface area (Å²) >= 11 is 0. The molecule has 1 saturated heterocycles. The van der Waals surface area contributed by atoms with Gasteiger partial charge in [0.05, 0.1) is 11.2 Å². The minimum absolute atomic E-state index is 0.220. The SMILES string of the molecule is CC1(C)OC(Cc2ccc(F)cc2)OC1(C)C. The molecule has 0 atom stereocenters. The summed E-state index contributed by atoms with van der Waals surface area (Å²) in [4.78, 5) is 0. The molecule has 0 saturated carbocycles. The topological polar surface area (TPSA) is 18.5 Å². The van der Waals surface area contributed by atoms with Crippen molar-refractivity contribution in [1.29, 1.82) is 0 Å². The van der Waals surface area contributed by atoms with Crippen molar-refractivity contribution in [2.45, 2.75) is 51.6 Å². The van der Waals surface area contributed by atoms with E-state index in [-0.39, 0.29) is 23.3 Å². The van der Waals surface area contributed by atoms with Gasteiger partial charge in [0, 0.05) is 6.42 Å². The average Bonchev–Trinajstić information content (AvgIpc) is 2.39. The van der Waals surface area contributed by atoms with Crippen LogP contribution in [0.2, 0.25) is 0 Å². The van der Waals surface area contributed by atoms with Gasteiger partial charge in [0.1, 0.15) is 5.82 Å². The van der Waals surface area contributed by atoms with Crippen LogP contribution in [0.25, 0.3) is 0 Å². The first-order valence-electron chi connectivity index (χ1n) is 5.90. The third-order valence-corrected chi connectivity index (χ3v) is 3.62. The molecule has 3 heteroatoms. The largest absolute Gasteiger partial charge is 0.343 e. The second-order valence-corrected chi connectivity index (χ2v) is 5.52. The molecule has 2 rings (SSSR count). The van der Waals surface area contributed by atoms with E-state index in [9.17, 15) is 4.39 Å². The van der Waals surface area contributed by atoms with Crippen LogP contribution in [0.5, 0.6) is 0 Å². The molecule has 0 N–H and O–H groups in total. The van der Waals surface area contributed by atoms with E-state index in [1.165, 1.54) is 12.1 Å². The Kier molecular flexibility index (Phi) is 3.00. The van der Waals surface area contributed by atoms with Crippen LogP contribution in [0, 0.1) is 5.82 Å². The lowest BCUT2D eigenvalue weighted by Crippen LogP contribution is -2.41. The summed E-state index contributed by atoms with van der Waals surface area (Å²) < 4.78 is 24.5. The van der Waals surface area contributed by atoms with Gasteiger partial charge in [-0.05, 0) is 45.4 Å². The first-order valence-corrected chi connectivity index (χ1v) is 5.90. The van der Waals surface area contributed by atoms with Crippen molar-refractivity contribution in [3.8, 4) is 0 Å². The van der Waals surface area contributed by atoms with E-state index in [1.807, 2.05) is 27.7 Å². The Balaban J connectivity index is 2.05. The molecule has 2 nitrogen and oxygen atoms in total. The van der Waals surface area contributed by atoms with Crippen molar-refractivity contribution in [3.05, 3.63) is 35.6 Å². The fraction of sp³-hybridized carbons (Fsp3) is 0.571. The highest BCUT2D eigenvalue weighted by Crippen LogP contribution is 2.39. The van der Waals surface area contributed by atoms with E-state index in [4.69, 9.17) is 9.47 Å². The minimum atomic E-state index is -0.308. The molecule has 0 amide bonds. The van der Waals surface area contributed by atoms with Crippen LogP contribution >= 0.6 is 0 Å². The lowest BCUT2D eigenvalue weighted by molar-refractivity contribution is -0.0846. The molecule has 1 fully saturated rings. The van der Waals surface area contributed by atoms with Gasteiger partial charge in [0.25, 0.3) is 0 Å². The maximum atomic E-state index is 12.8. The Morgan fingerprint density at radius 1 is 1.00 bits per heavy atom. The van der Waals surface area contributed by atoms with Gasteiger partial charge in [0.15, 0.2) is 6.29 Å². The molecule has 1 aliphatic heterocycles. The van der Waals surface area contributed by atoms with Gasteiger partial charge in [-0.3, -0.25) is 0 Å². The summed E-state index contributed by atoms with van der Waals surface area (Å²) in [5.74, 6) is -0.220. The van der Waals surface area contributed by atoms with E-state index in [0.717, 1.165) is 5.56 Å². The molecule has 1 aromatic rings. The standard InChI is InChI=1S/C14H19FO2/c1-13(2)14(3,4)17-12(16-13)9-10-5-7-11(15)8-6-10/h5-8,12H,9H2,1-4H3. The van der Waals surface area contributed by atoms with Gasteiger partial charge in [0.2, 0.25) is 0 Å². The molecular weight excluding hydrogens is 219 g/mol. The van der Waals surface area contributed by atoms with Crippen molar-refractivity contribution in [3.63, 3.8) is 0 Å². The van der Waals surface area contributed by atoms with Crippen LogP contribution in [0.15, 0.2) is 24.3 Å². The Labute approximate surface area is 102 Å². The van der Waals surface area contributed by atoms with Gasteiger partial charge in [-0.2, -0.15) is 0 Å². The Morgan fingerprint density at radius 2 is 1.47 bits per heavy atom. The van der Waals surface area contributed by atoms with Crippen molar-refractivity contribution < 1.29 is 13.9 Å². The Morgan fingerprint density at radius 3 is 1.94 bits per heavy atom.